The molecule has 2 fully saturated rings. The highest BCUT2D eigenvalue weighted by Gasteiger charge is 2.34. The zero-order chi connectivity index (χ0) is 14.8. The molecule has 2 atom stereocenters. The molecule has 0 radical (unpaired) electrons. The van der Waals surface area contributed by atoms with E-state index < -0.39 is 0 Å². The van der Waals surface area contributed by atoms with Gasteiger partial charge in [-0.3, -0.25) is 9.59 Å². The first-order chi connectivity index (χ1) is 10.2. The Kier molecular flexibility index (Phi) is 3.95. The number of anilines is 1. The van der Waals surface area contributed by atoms with E-state index in [9.17, 15) is 9.59 Å². The second kappa shape index (κ2) is 5.88. The summed E-state index contributed by atoms with van der Waals surface area (Å²) in [6.45, 7) is 3.73. The number of para-hydroxylation sites is 1. The Morgan fingerprint density at radius 1 is 1.33 bits per heavy atom. The lowest BCUT2D eigenvalue weighted by atomic mass is 9.84. The molecule has 1 aromatic rings. The first-order valence-electron chi connectivity index (χ1n) is 7.85. The van der Waals surface area contributed by atoms with Gasteiger partial charge < -0.3 is 10.2 Å². The summed E-state index contributed by atoms with van der Waals surface area (Å²) in [5, 5.41) is 3.11. The molecule has 2 unspecified atom stereocenters. The molecule has 0 aliphatic carbocycles. The minimum Gasteiger partial charge on any atom is -0.371 e. The third kappa shape index (κ3) is 2.80. The molecule has 0 bridgehead atoms. The van der Waals surface area contributed by atoms with Gasteiger partial charge in [-0.1, -0.05) is 19.1 Å². The van der Waals surface area contributed by atoms with Crippen LogP contribution in [0.2, 0.25) is 0 Å². The highest BCUT2D eigenvalue weighted by atomic mass is 16.1. The largest absolute Gasteiger partial charge is 0.371 e. The lowest BCUT2D eigenvalue weighted by Crippen LogP contribution is -2.54. The number of hydrogen-bond acceptors (Lipinski definition) is 3. The molecule has 4 nitrogen and oxygen atoms in total. The lowest BCUT2D eigenvalue weighted by Gasteiger charge is -2.42. The van der Waals surface area contributed by atoms with Crippen molar-refractivity contribution in [3.8, 4) is 0 Å². The van der Waals surface area contributed by atoms with Crippen LogP contribution in [0, 0.1) is 5.92 Å². The SMILES string of the molecule is CCC(=O)c1ccccc1N1CCC2NC(=O)CCC2C1. The Hall–Kier alpha value is -1.84. The Balaban J connectivity index is 1.80. The summed E-state index contributed by atoms with van der Waals surface area (Å²) in [5.74, 6) is 0.886. The first kappa shape index (κ1) is 14.1. The monoisotopic (exact) mass is 286 g/mol. The fraction of sp³-hybridized carbons (Fsp3) is 0.529. The number of carbonyl (C=O) groups excluding carboxylic acids is 2. The van der Waals surface area contributed by atoms with Crippen molar-refractivity contribution in [1.29, 1.82) is 0 Å². The average molecular weight is 286 g/mol. The second-order valence-corrected chi connectivity index (χ2v) is 6.00. The van der Waals surface area contributed by atoms with Crippen molar-refractivity contribution in [2.24, 2.45) is 5.92 Å². The van der Waals surface area contributed by atoms with Crippen LogP contribution in [0.5, 0.6) is 0 Å². The van der Waals surface area contributed by atoms with Crippen molar-refractivity contribution < 1.29 is 9.59 Å². The summed E-state index contributed by atoms with van der Waals surface area (Å²) >= 11 is 0. The molecule has 21 heavy (non-hydrogen) atoms. The fourth-order valence-electron chi connectivity index (χ4n) is 3.50. The molecule has 1 aromatic carbocycles. The predicted molar refractivity (Wildman–Crippen MR) is 82.5 cm³/mol. The lowest BCUT2D eigenvalue weighted by molar-refractivity contribution is -0.124. The number of nitrogens with one attached hydrogen (secondary N) is 1. The number of piperidine rings is 2. The van der Waals surface area contributed by atoms with E-state index in [0.29, 0.717) is 24.8 Å². The third-order valence-corrected chi connectivity index (χ3v) is 4.69. The summed E-state index contributed by atoms with van der Waals surface area (Å²) in [4.78, 5) is 25.9. The number of rotatable bonds is 3. The zero-order valence-corrected chi connectivity index (χ0v) is 12.5. The van der Waals surface area contributed by atoms with E-state index in [1.165, 1.54) is 0 Å². The Labute approximate surface area is 125 Å². The Bertz CT molecular complexity index is 555. The second-order valence-electron chi connectivity index (χ2n) is 6.00. The van der Waals surface area contributed by atoms with Gasteiger partial charge in [0.2, 0.25) is 5.91 Å². The van der Waals surface area contributed by atoms with Gasteiger partial charge in [0.05, 0.1) is 0 Å². The quantitative estimate of drug-likeness (QED) is 0.868. The number of carbonyl (C=O) groups is 2. The van der Waals surface area contributed by atoms with Crippen LogP contribution >= 0.6 is 0 Å². The van der Waals surface area contributed by atoms with Crippen molar-refractivity contribution >= 4 is 17.4 Å². The molecule has 0 spiro atoms. The van der Waals surface area contributed by atoms with Crippen LogP contribution in [0.3, 0.4) is 0 Å². The topological polar surface area (TPSA) is 49.4 Å². The maximum Gasteiger partial charge on any atom is 0.220 e. The first-order valence-corrected chi connectivity index (χ1v) is 7.85. The van der Waals surface area contributed by atoms with Crippen molar-refractivity contribution in [2.45, 2.75) is 38.6 Å². The third-order valence-electron chi connectivity index (χ3n) is 4.69. The van der Waals surface area contributed by atoms with E-state index in [0.717, 1.165) is 37.2 Å². The zero-order valence-electron chi connectivity index (χ0n) is 12.5. The van der Waals surface area contributed by atoms with Gasteiger partial charge in [0.1, 0.15) is 0 Å². The number of nitrogens with zero attached hydrogens (tertiary/aromatic N) is 1. The van der Waals surface area contributed by atoms with Gasteiger partial charge in [0, 0.05) is 43.2 Å². The number of ketones is 1. The van der Waals surface area contributed by atoms with E-state index in [1.54, 1.807) is 0 Å². The van der Waals surface area contributed by atoms with Crippen LogP contribution < -0.4 is 10.2 Å². The van der Waals surface area contributed by atoms with Crippen molar-refractivity contribution in [3.63, 3.8) is 0 Å². The highest BCUT2D eigenvalue weighted by Crippen LogP contribution is 2.30. The van der Waals surface area contributed by atoms with Gasteiger partial charge in [-0.15, -0.1) is 0 Å². The van der Waals surface area contributed by atoms with Crippen LogP contribution in [-0.2, 0) is 4.79 Å². The van der Waals surface area contributed by atoms with Gasteiger partial charge in [-0.05, 0) is 30.9 Å². The molecule has 3 rings (SSSR count). The molecule has 1 amide bonds. The molecule has 112 valence electrons. The molecule has 0 aromatic heterocycles. The number of hydrogen-bond donors (Lipinski definition) is 1. The molecule has 0 saturated carbocycles. The van der Waals surface area contributed by atoms with Crippen LogP contribution in [0.15, 0.2) is 24.3 Å². The average Bonchev–Trinajstić information content (AvgIpc) is 2.53. The molecule has 2 aliphatic rings. The predicted octanol–water partition coefficient (Wildman–Crippen LogP) is 2.38. The maximum atomic E-state index is 12.1. The number of fused-ring (bicyclic) bond motifs is 1. The molecule has 2 heterocycles. The Morgan fingerprint density at radius 2 is 2.14 bits per heavy atom. The summed E-state index contributed by atoms with van der Waals surface area (Å²) in [6.07, 6.45) is 3.08. The van der Waals surface area contributed by atoms with Crippen molar-refractivity contribution in [1.82, 2.24) is 5.32 Å². The van der Waals surface area contributed by atoms with Crippen LogP contribution in [0.25, 0.3) is 0 Å². The number of amides is 1. The smallest absolute Gasteiger partial charge is 0.220 e. The molecular weight excluding hydrogens is 264 g/mol. The molecule has 1 N–H and O–H groups in total. The van der Waals surface area contributed by atoms with Crippen molar-refractivity contribution in [3.05, 3.63) is 29.8 Å². The summed E-state index contributed by atoms with van der Waals surface area (Å²) < 4.78 is 0. The van der Waals surface area contributed by atoms with Gasteiger partial charge in [-0.2, -0.15) is 0 Å². The van der Waals surface area contributed by atoms with E-state index in [-0.39, 0.29) is 11.7 Å². The molecule has 2 saturated heterocycles. The van der Waals surface area contributed by atoms with Crippen LogP contribution in [0.1, 0.15) is 43.0 Å². The van der Waals surface area contributed by atoms with E-state index in [1.807, 2.05) is 31.2 Å². The molecule has 2 aliphatic heterocycles. The standard InChI is InChI=1S/C17H22N2O2/c1-2-16(20)13-5-3-4-6-15(13)19-10-9-14-12(11-19)7-8-17(21)18-14/h3-6,12,14H,2,7-11H2,1H3,(H,18,21). The number of benzene rings is 1. The minimum absolute atomic E-state index is 0.186. The minimum atomic E-state index is 0.186. The van der Waals surface area contributed by atoms with Gasteiger partial charge in [-0.25, -0.2) is 0 Å². The highest BCUT2D eigenvalue weighted by molar-refractivity contribution is 6.01. The molecule has 4 heteroatoms. The number of Topliss-reactive ketones (excluding diaryl/α,β-unsaturated/α-hetero) is 1. The van der Waals surface area contributed by atoms with Gasteiger partial charge in [0.25, 0.3) is 0 Å². The maximum absolute atomic E-state index is 12.1. The van der Waals surface area contributed by atoms with Crippen molar-refractivity contribution in [2.75, 3.05) is 18.0 Å². The normalized spacial score (nSPS) is 25.2. The van der Waals surface area contributed by atoms with Crippen LogP contribution in [-0.4, -0.2) is 30.8 Å². The summed E-state index contributed by atoms with van der Waals surface area (Å²) in [5.41, 5.74) is 1.89. The van der Waals surface area contributed by atoms with E-state index in [2.05, 4.69) is 10.2 Å². The van der Waals surface area contributed by atoms with E-state index >= 15 is 0 Å². The van der Waals surface area contributed by atoms with Gasteiger partial charge >= 0.3 is 0 Å². The van der Waals surface area contributed by atoms with Gasteiger partial charge in [0.15, 0.2) is 5.78 Å². The Morgan fingerprint density at radius 3 is 2.95 bits per heavy atom. The van der Waals surface area contributed by atoms with E-state index in [4.69, 9.17) is 0 Å². The fourth-order valence-corrected chi connectivity index (χ4v) is 3.50. The summed E-state index contributed by atoms with van der Waals surface area (Å²) in [6, 6.07) is 8.22. The van der Waals surface area contributed by atoms with Crippen LogP contribution in [0.4, 0.5) is 5.69 Å². The molecular formula is C17H22N2O2. The summed E-state index contributed by atoms with van der Waals surface area (Å²) in [7, 11) is 0.